The maximum atomic E-state index is 12.8. The summed E-state index contributed by atoms with van der Waals surface area (Å²) in [6.45, 7) is 4.47. The van der Waals surface area contributed by atoms with E-state index in [4.69, 9.17) is 19.6 Å². The van der Waals surface area contributed by atoms with E-state index in [0.29, 0.717) is 10.9 Å². The molecule has 0 amide bonds. The second-order valence-electron chi connectivity index (χ2n) is 7.55. The summed E-state index contributed by atoms with van der Waals surface area (Å²) in [5.41, 5.74) is 5.50. The molecule has 0 radical (unpaired) electrons. The molecular formula is C23H23N5O7. The number of esters is 2. The van der Waals surface area contributed by atoms with Crippen LogP contribution in [0.2, 0.25) is 0 Å². The fourth-order valence-corrected chi connectivity index (χ4v) is 3.82. The lowest BCUT2D eigenvalue weighted by molar-refractivity contribution is -0.145. The lowest BCUT2D eigenvalue weighted by atomic mass is 10.2. The minimum atomic E-state index is -0.747. The zero-order valence-corrected chi connectivity index (χ0v) is 19.4. The Labute approximate surface area is 197 Å². The molecule has 0 aliphatic heterocycles. The van der Waals surface area contributed by atoms with Crippen LogP contribution in [0, 0.1) is 6.92 Å². The number of rotatable bonds is 7. The Morgan fingerprint density at radius 3 is 2.54 bits per heavy atom. The Balaban J connectivity index is 1.59. The van der Waals surface area contributed by atoms with Crippen molar-refractivity contribution in [1.82, 2.24) is 19.1 Å². The Bertz CT molecular complexity index is 1580. The molecule has 182 valence electrons. The lowest BCUT2D eigenvalue weighted by Gasteiger charge is -2.12. The van der Waals surface area contributed by atoms with Crippen molar-refractivity contribution in [3.63, 3.8) is 0 Å². The van der Waals surface area contributed by atoms with Crippen LogP contribution in [0.15, 0.2) is 38.3 Å². The molecule has 0 unspecified atom stereocenters. The van der Waals surface area contributed by atoms with Gasteiger partial charge in [-0.05, 0) is 32.9 Å². The van der Waals surface area contributed by atoms with Crippen LogP contribution in [0.5, 0.6) is 0 Å². The Morgan fingerprint density at radius 1 is 1.09 bits per heavy atom. The highest BCUT2D eigenvalue weighted by Crippen LogP contribution is 2.29. The van der Waals surface area contributed by atoms with E-state index in [-0.39, 0.29) is 53.8 Å². The maximum Gasteiger partial charge on any atom is 0.342 e. The topological polar surface area (TPSA) is 162 Å². The fourth-order valence-electron chi connectivity index (χ4n) is 3.82. The van der Waals surface area contributed by atoms with Gasteiger partial charge in [0.2, 0.25) is 5.71 Å². The number of nitrogens with zero attached hydrogens (tertiary/aromatic N) is 4. The molecule has 1 aromatic carbocycles. The van der Waals surface area contributed by atoms with Crippen molar-refractivity contribution >= 4 is 39.8 Å². The van der Waals surface area contributed by atoms with Gasteiger partial charge in [0.15, 0.2) is 12.4 Å². The number of para-hydroxylation sites is 1. The van der Waals surface area contributed by atoms with Crippen LogP contribution in [-0.2, 0) is 34.0 Å². The van der Waals surface area contributed by atoms with Crippen LogP contribution in [0.1, 0.15) is 35.8 Å². The van der Waals surface area contributed by atoms with E-state index < -0.39 is 29.7 Å². The van der Waals surface area contributed by atoms with Crippen molar-refractivity contribution in [2.45, 2.75) is 40.5 Å². The molecule has 0 fully saturated rings. The molecule has 0 saturated heterocycles. The molecule has 0 spiro atoms. The van der Waals surface area contributed by atoms with E-state index in [9.17, 15) is 19.2 Å². The quantitative estimate of drug-likeness (QED) is 0.383. The van der Waals surface area contributed by atoms with Gasteiger partial charge in [0.1, 0.15) is 23.7 Å². The molecule has 0 aliphatic carbocycles. The lowest BCUT2D eigenvalue weighted by Crippen LogP contribution is -2.40. The number of aromatic nitrogens is 4. The second-order valence-corrected chi connectivity index (χ2v) is 7.55. The minimum absolute atomic E-state index is 0.0295. The third kappa shape index (κ3) is 4.25. The van der Waals surface area contributed by atoms with Crippen LogP contribution in [-0.4, -0.2) is 37.6 Å². The first-order valence-electron chi connectivity index (χ1n) is 10.9. The van der Waals surface area contributed by atoms with Gasteiger partial charge < -0.3 is 19.6 Å². The van der Waals surface area contributed by atoms with E-state index in [1.807, 2.05) is 0 Å². The smallest absolute Gasteiger partial charge is 0.342 e. The summed E-state index contributed by atoms with van der Waals surface area (Å²) in [7, 11) is 0. The number of carbonyl (C=O) groups is 2. The third-order valence-electron chi connectivity index (χ3n) is 5.38. The van der Waals surface area contributed by atoms with Gasteiger partial charge in [0.05, 0.1) is 22.9 Å². The zero-order chi connectivity index (χ0) is 25.3. The van der Waals surface area contributed by atoms with E-state index in [2.05, 4.69) is 9.97 Å². The maximum absolute atomic E-state index is 12.8. The van der Waals surface area contributed by atoms with Crippen molar-refractivity contribution in [1.29, 1.82) is 0 Å². The van der Waals surface area contributed by atoms with Crippen LogP contribution >= 0.6 is 0 Å². The first-order chi connectivity index (χ1) is 16.8. The highest BCUT2D eigenvalue weighted by atomic mass is 16.5. The Kier molecular flexibility index (Phi) is 6.36. The Morgan fingerprint density at radius 2 is 1.83 bits per heavy atom. The molecule has 12 nitrogen and oxygen atoms in total. The summed E-state index contributed by atoms with van der Waals surface area (Å²) in [6, 6.07) is 6.52. The molecule has 0 aliphatic rings. The van der Waals surface area contributed by atoms with Gasteiger partial charge in [-0.2, -0.15) is 4.98 Å². The van der Waals surface area contributed by atoms with Crippen molar-refractivity contribution < 1.29 is 23.5 Å². The second kappa shape index (κ2) is 9.41. The summed E-state index contributed by atoms with van der Waals surface area (Å²) in [4.78, 5) is 58.5. The molecule has 2 N–H and O–H groups in total. The average molecular weight is 481 g/mol. The standard InChI is InChI=1S/C23H23N5O7/c1-4-27-21(30)13-8-6-7-9-14(13)28(23(27)32)10-16(29)34-11-15-25-19(24)18-17(22(31)33-5-2)12(3)35-20(18)26-15/h6-9H,4-5,10-11H2,1-3H3,(H2,24,25,26). The summed E-state index contributed by atoms with van der Waals surface area (Å²) in [5.74, 6) is -1.07. The number of fused-ring (bicyclic) bond motifs is 2. The van der Waals surface area contributed by atoms with Crippen molar-refractivity contribution in [3.8, 4) is 0 Å². The predicted molar refractivity (Wildman–Crippen MR) is 125 cm³/mol. The predicted octanol–water partition coefficient (Wildman–Crippen LogP) is 1.53. The monoisotopic (exact) mass is 481 g/mol. The first kappa shape index (κ1) is 23.7. The molecule has 0 bridgehead atoms. The van der Waals surface area contributed by atoms with Gasteiger partial charge >= 0.3 is 17.6 Å². The first-order valence-corrected chi connectivity index (χ1v) is 10.9. The van der Waals surface area contributed by atoms with E-state index in [1.165, 1.54) is 4.57 Å². The van der Waals surface area contributed by atoms with Crippen molar-refractivity contribution in [2.24, 2.45) is 0 Å². The van der Waals surface area contributed by atoms with Gasteiger partial charge in [-0.1, -0.05) is 12.1 Å². The number of hydrogen-bond acceptors (Lipinski definition) is 10. The van der Waals surface area contributed by atoms with Gasteiger partial charge in [-0.3, -0.25) is 18.7 Å². The summed E-state index contributed by atoms with van der Waals surface area (Å²) < 4.78 is 18.1. The van der Waals surface area contributed by atoms with Crippen molar-refractivity contribution in [2.75, 3.05) is 12.3 Å². The number of nitrogen functional groups attached to an aromatic ring is 1. The molecule has 4 rings (SSSR count). The SMILES string of the molecule is CCOC(=O)c1c(C)oc2nc(COC(=O)Cn3c(=O)n(CC)c(=O)c4ccccc43)nc(N)c12. The highest BCUT2D eigenvalue weighted by molar-refractivity contribution is 6.07. The van der Waals surface area contributed by atoms with Crippen LogP contribution in [0.25, 0.3) is 22.0 Å². The normalized spacial score (nSPS) is 11.2. The minimum Gasteiger partial charge on any atom is -0.462 e. The number of furan rings is 1. The molecule has 12 heteroatoms. The highest BCUT2D eigenvalue weighted by Gasteiger charge is 2.24. The fraction of sp³-hybridized carbons (Fsp3) is 0.304. The third-order valence-corrected chi connectivity index (χ3v) is 5.38. The van der Waals surface area contributed by atoms with Gasteiger partial charge in [-0.15, -0.1) is 0 Å². The van der Waals surface area contributed by atoms with Gasteiger partial charge in [0.25, 0.3) is 5.56 Å². The van der Waals surface area contributed by atoms with Gasteiger partial charge in [-0.25, -0.2) is 14.6 Å². The van der Waals surface area contributed by atoms with Crippen molar-refractivity contribution in [3.05, 3.63) is 62.3 Å². The molecule has 35 heavy (non-hydrogen) atoms. The molecule has 3 aromatic heterocycles. The number of benzene rings is 1. The largest absolute Gasteiger partial charge is 0.462 e. The number of hydrogen-bond donors (Lipinski definition) is 1. The molecule has 4 aromatic rings. The zero-order valence-electron chi connectivity index (χ0n) is 19.4. The average Bonchev–Trinajstić information content (AvgIpc) is 3.17. The number of ether oxygens (including phenoxy) is 2. The Hall–Kier alpha value is -4.48. The van der Waals surface area contributed by atoms with E-state index >= 15 is 0 Å². The molecule has 0 saturated carbocycles. The summed E-state index contributed by atoms with van der Waals surface area (Å²) >= 11 is 0. The van der Waals surface area contributed by atoms with E-state index in [1.54, 1.807) is 45.0 Å². The molecule has 0 atom stereocenters. The van der Waals surface area contributed by atoms with Crippen LogP contribution in [0.4, 0.5) is 5.82 Å². The van der Waals surface area contributed by atoms with Crippen LogP contribution < -0.4 is 17.0 Å². The van der Waals surface area contributed by atoms with E-state index in [0.717, 1.165) is 4.57 Å². The summed E-state index contributed by atoms with van der Waals surface area (Å²) in [5, 5.41) is 0.532. The number of aryl methyl sites for hydroxylation is 1. The van der Waals surface area contributed by atoms with Gasteiger partial charge in [0, 0.05) is 6.54 Å². The number of anilines is 1. The van der Waals surface area contributed by atoms with Crippen LogP contribution in [0.3, 0.4) is 0 Å². The summed E-state index contributed by atoms with van der Waals surface area (Å²) in [6.07, 6.45) is 0. The number of nitrogens with two attached hydrogens (primary N) is 1. The molecule has 3 heterocycles. The number of carbonyl (C=O) groups excluding carboxylic acids is 2. The molecular weight excluding hydrogens is 458 g/mol.